The molecule has 0 aromatic heterocycles. The van der Waals surface area contributed by atoms with E-state index in [9.17, 15) is 8.78 Å². The highest BCUT2D eigenvalue weighted by molar-refractivity contribution is 4.78. The molecule has 2 heteroatoms. The summed E-state index contributed by atoms with van der Waals surface area (Å²) in [5.74, 6) is -1.24. The minimum atomic E-state index is -2.36. The Kier molecular flexibility index (Phi) is 10.5. The van der Waals surface area contributed by atoms with Crippen LogP contribution in [0.1, 0.15) is 67.2 Å². The number of hydrogen-bond donors (Lipinski definition) is 0. The summed E-state index contributed by atoms with van der Waals surface area (Å²) in [4.78, 5) is 0. The van der Waals surface area contributed by atoms with Gasteiger partial charge in [0.25, 0.3) is 0 Å². The third-order valence-electron chi connectivity index (χ3n) is 2.70. The molecular weight excluding hydrogens is 194 g/mol. The first-order valence-corrected chi connectivity index (χ1v) is 6.39. The van der Waals surface area contributed by atoms with Gasteiger partial charge in [-0.1, -0.05) is 41.5 Å². The molecule has 0 radical (unpaired) electrons. The first kappa shape index (κ1) is 17.3. The molecule has 0 aliphatic heterocycles. The Morgan fingerprint density at radius 2 is 1.27 bits per heavy atom. The molecule has 0 spiro atoms. The van der Waals surface area contributed by atoms with Gasteiger partial charge in [-0.2, -0.15) is 0 Å². The highest BCUT2D eigenvalue weighted by Crippen LogP contribution is 2.38. The molecule has 1 aliphatic rings. The SMILES string of the molecule is CC.CC.CC(C)C1CCC(F)(F)CC1. The molecule has 0 N–H and O–H groups in total. The monoisotopic (exact) mass is 222 g/mol. The third kappa shape index (κ3) is 7.75. The summed E-state index contributed by atoms with van der Waals surface area (Å²) in [6, 6.07) is 0. The van der Waals surface area contributed by atoms with Crippen molar-refractivity contribution in [1.82, 2.24) is 0 Å². The van der Waals surface area contributed by atoms with E-state index in [-0.39, 0.29) is 12.8 Å². The molecule has 0 atom stereocenters. The number of rotatable bonds is 1. The molecule has 1 saturated carbocycles. The van der Waals surface area contributed by atoms with Crippen molar-refractivity contribution >= 4 is 0 Å². The van der Waals surface area contributed by atoms with Crippen molar-refractivity contribution in [2.75, 3.05) is 0 Å². The van der Waals surface area contributed by atoms with Gasteiger partial charge in [0, 0.05) is 12.8 Å². The Balaban J connectivity index is 0. The maximum Gasteiger partial charge on any atom is 0.248 e. The Morgan fingerprint density at radius 1 is 0.933 bits per heavy atom. The first-order valence-electron chi connectivity index (χ1n) is 6.39. The predicted octanol–water partition coefficient (Wildman–Crippen LogP) is 5.52. The molecule has 0 amide bonds. The van der Waals surface area contributed by atoms with Crippen LogP contribution in [0, 0.1) is 11.8 Å². The molecule has 0 unspecified atom stereocenters. The van der Waals surface area contributed by atoms with Crippen molar-refractivity contribution in [1.29, 1.82) is 0 Å². The Morgan fingerprint density at radius 3 is 1.53 bits per heavy atom. The van der Waals surface area contributed by atoms with Gasteiger partial charge in [-0.3, -0.25) is 0 Å². The lowest BCUT2D eigenvalue weighted by atomic mass is 9.80. The molecule has 0 nitrogen and oxygen atoms in total. The van der Waals surface area contributed by atoms with Gasteiger partial charge >= 0.3 is 0 Å². The largest absolute Gasteiger partial charge is 0.248 e. The molecule has 15 heavy (non-hydrogen) atoms. The maximum absolute atomic E-state index is 12.6. The zero-order valence-electron chi connectivity index (χ0n) is 11.2. The Hall–Kier alpha value is -0.140. The van der Waals surface area contributed by atoms with Crippen LogP contribution in [0.5, 0.6) is 0 Å². The van der Waals surface area contributed by atoms with E-state index in [0.29, 0.717) is 24.7 Å². The van der Waals surface area contributed by atoms with E-state index in [2.05, 4.69) is 13.8 Å². The van der Waals surface area contributed by atoms with Crippen molar-refractivity contribution in [3.05, 3.63) is 0 Å². The molecule has 0 bridgehead atoms. The van der Waals surface area contributed by atoms with Gasteiger partial charge in [-0.05, 0) is 24.7 Å². The maximum atomic E-state index is 12.6. The van der Waals surface area contributed by atoms with E-state index in [4.69, 9.17) is 0 Å². The fraction of sp³-hybridized carbons (Fsp3) is 1.00. The average Bonchev–Trinajstić information content (AvgIpc) is 2.23. The molecule has 1 rings (SSSR count). The van der Waals surface area contributed by atoms with E-state index in [1.54, 1.807) is 0 Å². The van der Waals surface area contributed by atoms with Crippen molar-refractivity contribution < 1.29 is 8.78 Å². The van der Waals surface area contributed by atoms with Gasteiger partial charge in [0.05, 0.1) is 0 Å². The summed E-state index contributed by atoms with van der Waals surface area (Å²) >= 11 is 0. The van der Waals surface area contributed by atoms with Crippen LogP contribution in [0.15, 0.2) is 0 Å². The summed E-state index contributed by atoms with van der Waals surface area (Å²) in [7, 11) is 0. The van der Waals surface area contributed by atoms with Crippen molar-refractivity contribution in [3.63, 3.8) is 0 Å². The molecule has 0 saturated heterocycles. The van der Waals surface area contributed by atoms with Gasteiger partial charge in [0.15, 0.2) is 0 Å². The molecule has 0 aromatic rings. The topological polar surface area (TPSA) is 0 Å². The van der Waals surface area contributed by atoms with E-state index < -0.39 is 5.92 Å². The summed E-state index contributed by atoms with van der Waals surface area (Å²) in [5, 5.41) is 0. The molecule has 94 valence electrons. The lowest BCUT2D eigenvalue weighted by Gasteiger charge is -2.30. The van der Waals surface area contributed by atoms with Gasteiger partial charge in [-0.25, -0.2) is 8.78 Å². The minimum Gasteiger partial charge on any atom is -0.207 e. The molecular formula is C13H28F2. The number of halogens is 2. The van der Waals surface area contributed by atoms with Crippen molar-refractivity contribution in [2.45, 2.75) is 73.1 Å². The highest BCUT2D eigenvalue weighted by Gasteiger charge is 2.35. The second-order valence-electron chi connectivity index (χ2n) is 3.94. The van der Waals surface area contributed by atoms with Crippen LogP contribution in [0.25, 0.3) is 0 Å². The van der Waals surface area contributed by atoms with Crippen LogP contribution >= 0.6 is 0 Å². The fourth-order valence-electron chi connectivity index (χ4n) is 1.73. The Bertz CT molecular complexity index is 120. The summed E-state index contributed by atoms with van der Waals surface area (Å²) in [5.41, 5.74) is 0. The van der Waals surface area contributed by atoms with E-state index in [0.717, 1.165) is 0 Å². The lowest BCUT2D eigenvalue weighted by Crippen LogP contribution is -2.26. The van der Waals surface area contributed by atoms with Crippen LogP contribution in [0.4, 0.5) is 8.78 Å². The molecule has 0 aromatic carbocycles. The third-order valence-corrected chi connectivity index (χ3v) is 2.70. The minimum absolute atomic E-state index is 0.107. The van der Waals surface area contributed by atoms with Gasteiger partial charge in [0.2, 0.25) is 5.92 Å². The number of hydrogen-bond acceptors (Lipinski definition) is 0. The lowest BCUT2D eigenvalue weighted by molar-refractivity contribution is -0.0504. The van der Waals surface area contributed by atoms with Gasteiger partial charge in [-0.15, -0.1) is 0 Å². The smallest absolute Gasteiger partial charge is 0.207 e. The molecule has 1 aliphatic carbocycles. The van der Waals surface area contributed by atoms with E-state index in [1.165, 1.54) is 0 Å². The summed E-state index contributed by atoms with van der Waals surface area (Å²) < 4.78 is 25.3. The number of alkyl halides is 2. The standard InChI is InChI=1S/C9H16F2.2C2H6/c1-7(2)8-3-5-9(10,11)6-4-8;2*1-2/h7-8H,3-6H2,1-2H3;2*1-2H3. The van der Waals surface area contributed by atoms with Crippen LogP contribution < -0.4 is 0 Å². The van der Waals surface area contributed by atoms with Crippen LogP contribution in [0.2, 0.25) is 0 Å². The normalized spacial score (nSPS) is 19.8. The molecule has 1 fully saturated rings. The summed E-state index contributed by atoms with van der Waals surface area (Å²) in [6.07, 6.45) is 1.64. The highest BCUT2D eigenvalue weighted by atomic mass is 19.3. The summed E-state index contributed by atoms with van der Waals surface area (Å²) in [6.45, 7) is 12.2. The first-order chi connectivity index (χ1) is 7.01. The second kappa shape index (κ2) is 9.11. The molecule has 0 heterocycles. The van der Waals surface area contributed by atoms with Crippen LogP contribution in [0.3, 0.4) is 0 Å². The quantitative estimate of drug-likeness (QED) is 0.548. The van der Waals surface area contributed by atoms with Gasteiger partial charge < -0.3 is 0 Å². The predicted molar refractivity (Wildman–Crippen MR) is 64.4 cm³/mol. The van der Waals surface area contributed by atoms with E-state index in [1.807, 2.05) is 27.7 Å². The van der Waals surface area contributed by atoms with Crippen molar-refractivity contribution in [3.8, 4) is 0 Å². The van der Waals surface area contributed by atoms with E-state index >= 15 is 0 Å². The van der Waals surface area contributed by atoms with Gasteiger partial charge in [0.1, 0.15) is 0 Å². The van der Waals surface area contributed by atoms with Crippen molar-refractivity contribution in [2.24, 2.45) is 11.8 Å². The Labute approximate surface area is 94.5 Å². The second-order valence-corrected chi connectivity index (χ2v) is 3.94. The van der Waals surface area contributed by atoms with Crippen LogP contribution in [-0.4, -0.2) is 5.92 Å². The average molecular weight is 222 g/mol. The fourth-order valence-corrected chi connectivity index (χ4v) is 1.73. The zero-order valence-corrected chi connectivity index (χ0v) is 11.2. The zero-order chi connectivity index (χ0) is 12.5. The van der Waals surface area contributed by atoms with Crippen LogP contribution in [-0.2, 0) is 0 Å².